The van der Waals surface area contributed by atoms with Crippen LogP contribution in [0.5, 0.6) is 5.75 Å². The predicted octanol–water partition coefficient (Wildman–Crippen LogP) is 7.71. The number of aryl methyl sites for hydroxylation is 1. The second kappa shape index (κ2) is 17.3. The van der Waals surface area contributed by atoms with E-state index in [2.05, 4.69) is 54.7 Å². The summed E-state index contributed by atoms with van der Waals surface area (Å²) in [6.07, 6.45) is 9.84. The summed E-state index contributed by atoms with van der Waals surface area (Å²) >= 11 is 7.95. The summed E-state index contributed by atoms with van der Waals surface area (Å²) in [6, 6.07) is 12.2. The molecule has 2 aromatic rings. The number of benzene rings is 2. The number of nitrogens with zero attached hydrogens (tertiary/aromatic N) is 1. The lowest BCUT2D eigenvalue weighted by Crippen LogP contribution is -2.45. The standard InChI is InChI=1S/C37H51ClN2O5S/c1-5-7-27-20-31(38)12-14-32(27)30-23-40-22-29-10-13-33(29)35(44-19-18-43-17-16-42-4)9-6-8-25(2)26(3)46-39-37(41)28-11-15-36(45-24-30)34(40)21-28/h6,9,11-12,14-15,20-21,25-26,29-30,33,35H,5,7-8,10,13,16-19,22-24H2,1-4H3,(H,39,41)/b9-6+. The van der Waals surface area contributed by atoms with Gasteiger partial charge in [-0.25, -0.2) is 0 Å². The Morgan fingerprint density at radius 3 is 2.70 bits per heavy atom. The molecule has 252 valence electrons. The Kier molecular flexibility index (Phi) is 13.2. The van der Waals surface area contributed by atoms with E-state index in [1.54, 1.807) is 7.11 Å². The van der Waals surface area contributed by atoms with E-state index in [-0.39, 0.29) is 23.2 Å². The third-order valence-corrected chi connectivity index (χ3v) is 11.2. The van der Waals surface area contributed by atoms with Crippen LogP contribution in [0.4, 0.5) is 5.69 Å². The van der Waals surface area contributed by atoms with E-state index in [1.807, 2.05) is 24.3 Å². The van der Waals surface area contributed by atoms with Crippen molar-refractivity contribution in [3.8, 4) is 5.75 Å². The van der Waals surface area contributed by atoms with Gasteiger partial charge in [0.1, 0.15) is 5.75 Å². The molecular weight excluding hydrogens is 620 g/mol. The van der Waals surface area contributed by atoms with Gasteiger partial charge in [0.05, 0.1) is 44.8 Å². The molecule has 0 saturated heterocycles. The molecule has 2 aromatic carbocycles. The minimum Gasteiger partial charge on any atom is -0.491 e. The molecular formula is C37H51ClN2O5S. The molecule has 1 N–H and O–H groups in total. The van der Waals surface area contributed by atoms with Gasteiger partial charge < -0.3 is 23.8 Å². The molecule has 3 aliphatic rings. The van der Waals surface area contributed by atoms with E-state index in [1.165, 1.54) is 23.1 Å². The summed E-state index contributed by atoms with van der Waals surface area (Å²) in [6.45, 7) is 11.1. The smallest absolute Gasteiger partial charge is 0.261 e. The van der Waals surface area contributed by atoms with E-state index >= 15 is 0 Å². The fraction of sp³-hybridized carbons (Fsp3) is 0.595. The number of amides is 1. The maximum atomic E-state index is 13.4. The zero-order valence-electron chi connectivity index (χ0n) is 27.8. The van der Waals surface area contributed by atoms with Gasteiger partial charge in [-0.1, -0.05) is 57.0 Å². The van der Waals surface area contributed by atoms with Crippen molar-refractivity contribution in [1.29, 1.82) is 0 Å². The number of carbonyl (C=O) groups is 1. The highest BCUT2D eigenvalue weighted by Gasteiger charge is 2.39. The minimum atomic E-state index is -0.0686. The van der Waals surface area contributed by atoms with Crippen LogP contribution in [0, 0.1) is 17.8 Å². The van der Waals surface area contributed by atoms with E-state index in [0.717, 1.165) is 61.7 Å². The second-order valence-electron chi connectivity index (χ2n) is 13.0. The predicted molar refractivity (Wildman–Crippen MR) is 188 cm³/mol. The lowest BCUT2D eigenvalue weighted by atomic mass is 9.70. The van der Waals surface area contributed by atoms with Crippen LogP contribution in [0.1, 0.15) is 73.9 Å². The molecule has 6 unspecified atom stereocenters. The number of ether oxygens (including phenoxy) is 4. The number of anilines is 1. The SMILES string of the molecule is CCCc1cc(Cl)ccc1C1COc2ccc3cc2N(C1)CC1CCC1C(OCCOCCOC)/C=C/CC(C)C(C)SNC3=O. The monoisotopic (exact) mass is 670 g/mol. The van der Waals surface area contributed by atoms with Crippen molar-refractivity contribution in [3.05, 3.63) is 70.3 Å². The van der Waals surface area contributed by atoms with E-state index < -0.39 is 0 Å². The molecule has 0 spiro atoms. The number of methoxy groups -OCH3 is 1. The quantitative estimate of drug-likeness (QED) is 0.158. The first kappa shape index (κ1) is 35.1. The Bertz CT molecular complexity index is 1320. The molecule has 1 fully saturated rings. The van der Waals surface area contributed by atoms with Crippen LogP contribution in [-0.2, 0) is 20.6 Å². The van der Waals surface area contributed by atoms with Crippen molar-refractivity contribution in [3.63, 3.8) is 0 Å². The number of carbonyl (C=O) groups excluding carboxylic acids is 1. The van der Waals surface area contributed by atoms with Gasteiger partial charge in [0, 0.05) is 42.0 Å². The topological polar surface area (TPSA) is 69.3 Å². The first-order chi connectivity index (χ1) is 22.4. The zero-order valence-corrected chi connectivity index (χ0v) is 29.4. The Morgan fingerprint density at radius 1 is 1.07 bits per heavy atom. The molecule has 0 radical (unpaired) electrons. The lowest BCUT2D eigenvalue weighted by molar-refractivity contribution is -0.0409. The largest absolute Gasteiger partial charge is 0.491 e. The number of hydrogen-bond donors (Lipinski definition) is 1. The van der Waals surface area contributed by atoms with E-state index in [4.69, 9.17) is 30.5 Å². The van der Waals surface area contributed by atoms with Gasteiger partial charge in [-0.15, -0.1) is 0 Å². The van der Waals surface area contributed by atoms with Gasteiger partial charge in [0.2, 0.25) is 0 Å². The van der Waals surface area contributed by atoms with Gasteiger partial charge in [0.25, 0.3) is 5.91 Å². The lowest BCUT2D eigenvalue weighted by Gasteiger charge is -2.44. The molecule has 6 atom stereocenters. The maximum absolute atomic E-state index is 13.4. The van der Waals surface area contributed by atoms with Crippen LogP contribution < -0.4 is 14.4 Å². The summed E-state index contributed by atoms with van der Waals surface area (Å²) in [5.41, 5.74) is 4.23. The highest BCUT2D eigenvalue weighted by atomic mass is 35.5. The Hall–Kier alpha value is -2.23. The number of rotatable bonds is 10. The van der Waals surface area contributed by atoms with Crippen LogP contribution in [-0.4, -0.2) is 70.5 Å². The second-order valence-corrected chi connectivity index (χ2v) is 14.6. The van der Waals surface area contributed by atoms with Gasteiger partial charge in [0.15, 0.2) is 0 Å². The van der Waals surface area contributed by atoms with Crippen LogP contribution in [0.3, 0.4) is 0 Å². The molecule has 0 aromatic heterocycles. The zero-order chi connectivity index (χ0) is 32.5. The molecule has 5 rings (SSSR count). The molecule has 2 aliphatic heterocycles. The number of allylic oxidation sites excluding steroid dienone is 1. The fourth-order valence-electron chi connectivity index (χ4n) is 6.74. The molecule has 2 heterocycles. The van der Waals surface area contributed by atoms with Crippen molar-refractivity contribution in [2.75, 3.05) is 58.1 Å². The summed E-state index contributed by atoms with van der Waals surface area (Å²) in [5.74, 6) is 2.19. The Labute approximate surface area is 284 Å². The number of fused-ring (bicyclic) bond motifs is 2. The van der Waals surface area contributed by atoms with Crippen LogP contribution in [0.2, 0.25) is 5.02 Å². The molecule has 1 amide bonds. The Morgan fingerprint density at radius 2 is 1.91 bits per heavy atom. The summed E-state index contributed by atoms with van der Waals surface area (Å²) < 4.78 is 27.0. The summed E-state index contributed by atoms with van der Waals surface area (Å²) in [5, 5.41) is 1.03. The highest BCUT2D eigenvalue weighted by Crippen LogP contribution is 2.43. The fourth-order valence-corrected chi connectivity index (χ4v) is 7.69. The van der Waals surface area contributed by atoms with Gasteiger partial charge >= 0.3 is 0 Å². The summed E-state index contributed by atoms with van der Waals surface area (Å²) in [4.78, 5) is 15.8. The van der Waals surface area contributed by atoms with Crippen molar-refractivity contribution < 1.29 is 23.7 Å². The van der Waals surface area contributed by atoms with E-state index in [9.17, 15) is 4.79 Å². The molecule has 46 heavy (non-hydrogen) atoms. The molecule has 9 heteroatoms. The highest BCUT2D eigenvalue weighted by molar-refractivity contribution is 7.98. The maximum Gasteiger partial charge on any atom is 0.261 e. The molecule has 2 bridgehead atoms. The minimum absolute atomic E-state index is 0.0322. The first-order valence-electron chi connectivity index (χ1n) is 17.0. The number of hydrogen-bond acceptors (Lipinski definition) is 7. The van der Waals surface area contributed by atoms with Crippen LogP contribution >= 0.6 is 23.5 Å². The van der Waals surface area contributed by atoms with Gasteiger partial charge in [-0.3, -0.25) is 9.52 Å². The Balaban J connectivity index is 1.44. The molecule has 1 aliphatic carbocycles. The number of halogens is 1. The van der Waals surface area contributed by atoms with Crippen LogP contribution in [0.15, 0.2) is 48.6 Å². The van der Waals surface area contributed by atoms with Crippen molar-refractivity contribution in [2.45, 2.75) is 70.1 Å². The normalized spacial score (nSPS) is 27.5. The van der Waals surface area contributed by atoms with Crippen molar-refractivity contribution >= 4 is 35.1 Å². The van der Waals surface area contributed by atoms with Crippen molar-refractivity contribution in [1.82, 2.24) is 4.72 Å². The summed E-state index contributed by atoms with van der Waals surface area (Å²) in [7, 11) is 1.69. The molecule has 1 saturated carbocycles. The van der Waals surface area contributed by atoms with Crippen LogP contribution in [0.25, 0.3) is 0 Å². The van der Waals surface area contributed by atoms with Gasteiger partial charge in [-0.2, -0.15) is 0 Å². The third-order valence-electron chi connectivity index (χ3n) is 9.80. The first-order valence-corrected chi connectivity index (χ1v) is 18.2. The average Bonchev–Trinajstić information content (AvgIpc) is 3.22. The van der Waals surface area contributed by atoms with Gasteiger partial charge in [-0.05, 0) is 96.8 Å². The van der Waals surface area contributed by atoms with E-state index in [0.29, 0.717) is 56.4 Å². The van der Waals surface area contributed by atoms with Crippen molar-refractivity contribution in [2.24, 2.45) is 17.8 Å². The average molecular weight is 671 g/mol. The molecule has 7 nitrogen and oxygen atoms in total. The number of nitrogens with one attached hydrogen (secondary N) is 1. The third kappa shape index (κ3) is 9.01.